The molecule has 4 nitrogen and oxygen atoms in total. The number of methoxy groups -OCH3 is 1. The minimum atomic E-state index is 0. The highest BCUT2D eigenvalue weighted by Crippen LogP contribution is 2.39. The smallest absolute Gasteiger partial charge is 0.188 e. The fourth-order valence-electron chi connectivity index (χ4n) is 2.46. The van der Waals surface area contributed by atoms with Crippen molar-refractivity contribution in [1.82, 2.24) is 5.32 Å². The lowest BCUT2D eigenvalue weighted by atomic mass is 9.78. The van der Waals surface area contributed by atoms with E-state index < -0.39 is 0 Å². The molecule has 3 N–H and O–H groups in total. The Bertz CT molecular complexity index is 251. The number of halogens is 1. The molecule has 0 heterocycles. The molecule has 0 aromatic heterocycles. The van der Waals surface area contributed by atoms with Crippen LogP contribution in [-0.4, -0.2) is 32.8 Å². The van der Waals surface area contributed by atoms with E-state index in [9.17, 15) is 0 Å². The maximum absolute atomic E-state index is 5.80. The number of guanidine groups is 1. The lowest BCUT2D eigenvalue weighted by Crippen LogP contribution is -2.36. The zero-order valence-electron chi connectivity index (χ0n) is 11.9. The van der Waals surface area contributed by atoms with Gasteiger partial charge < -0.3 is 15.8 Å². The number of rotatable bonds is 6. The van der Waals surface area contributed by atoms with Crippen molar-refractivity contribution in [2.75, 3.05) is 26.8 Å². The van der Waals surface area contributed by atoms with Gasteiger partial charge in [-0.2, -0.15) is 0 Å². The highest BCUT2D eigenvalue weighted by atomic mass is 127. The number of nitrogens with zero attached hydrogens (tertiary/aromatic N) is 1. The topological polar surface area (TPSA) is 59.6 Å². The molecule has 1 aliphatic carbocycles. The molecule has 1 aliphatic rings. The summed E-state index contributed by atoms with van der Waals surface area (Å²) in [6.45, 7) is 6.78. The minimum Gasteiger partial charge on any atom is -0.383 e. The van der Waals surface area contributed by atoms with Crippen molar-refractivity contribution in [2.45, 2.75) is 39.5 Å². The van der Waals surface area contributed by atoms with Crippen LogP contribution in [0.3, 0.4) is 0 Å². The summed E-state index contributed by atoms with van der Waals surface area (Å²) in [7, 11) is 1.68. The second kappa shape index (κ2) is 8.96. The first-order valence-corrected chi connectivity index (χ1v) is 6.59. The van der Waals surface area contributed by atoms with Crippen molar-refractivity contribution in [3.63, 3.8) is 0 Å². The molecule has 0 saturated heterocycles. The van der Waals surface area contributed by atoms with Crippen LogP contribution in [0.25, 0.3) is 0 Å². The molecular weight excluding hydrogens is 341 g/mol. The van der Waals surface area contributed by atoms with Crippen molar-refractivity contribution >= 4 is 29.9 Å². The molecule has 18 heavy (non-hydrogen) atoms. The third kappa shape index (κ3) is 6.22. The molecule has 5 heteroatoms. The Morgan fingerprint density at radius 1 is 1.39 bits per heavy atom. The Morgan fingerprint density at radius 2 is 2.00 bits per heavy atom. The molecule has 0 spiro atoms. The van der Waals surface area contributed by atoms with Gasteiger partial charge in [-0.25, -0.2) is 0 Å². The fourth-order valence-corrected chi connectivity index (χ4v) is 2.46. The van der Waals surface area contributed by atoms with Crippen molar-refractivity contribution in [1.29, 1.82) is 0 Å². The number of hydrogen-bond acceptors (Lipinski definition) is 2. The van der Waals surface area contributed by atoms with Gasteiger partial charge in [0.1, 0.15) is 0 Å². The van der Waals surface area contributed by atoms with Crippen LogP contribution in [0.5, 0.6) is 0 Å². The average molecular weight is 369 g/mol. The fraction of sp³-hybridized carbons (Fsp3) is 0.923. The lowest BCUT2D eigenvalue weighted by molar-refractivity contribution is 0.203. The van der Waals surface area contributed by atoms with E-state index in [4.69, 9.17) is 10.5 Å². The van der Waals surface area contributed by atoms with Gasteiger partial charge >= 0.3 is 0 Å². The van der Waals surface area contributed by atoms with Crippen LogP contribution in [0.2, 0.25) is 0 Å². The van der Waals surface area contributed by atoms with Gasteiger partial charge in [0, 0.05) is 20.2 Å². The summed E-state index contributed by atoms with van der Waals surface area (Å²) in [4.78, 5) is 4.44. The van der Waals surface area contributed by atoms with Gasteiger partial charge in [0.25, 0.3) is 0 Å². The van der Waals surface area contributed by atoms with Crippen molar-refractivity contribution in [3.05, 3.63) is 0 Å². The molecule has 0 aliphatic heterocycles. The monoisotopic (exact) mass is 369 g/mol. The number of ether oxygens (including phenoxy) is 1. The lowest BCUT2D eigenvalue weighted by Gasteiger charge is -2.29. The first-order chi connectivity index (χ1) is 8.06. The summed E-state index contributed by atoms with van der Waals surface area (Å²) in [5.74, 6) is 1.34. The van der Waals surface area contributed by atoms with Crippen LogP contribution in [0.15, 0.2) is 4.99 Å². The quantitative estimate of drug-likeness (QED) is 0.327. The molecule has 0 unspecified atom stereocenters. The summed E-state index contributed by atoms with van der Waals surface area (Å²) >= 11 is 0. The van der Waals surface area contributed by atoms with Gasteiger partial charge in [-0.3, -0.25) is 4.99 Å². The van der Waals surface area contributed by atoms with E-state index in [1.807, 2.05) is 0 Å². The van der Waals surface area contributed by atoms with E-state index in [0.29, 0.717) is 12.6 Å². The zero-order chi connectivity index (χ0) is 12.7. The number of hydrogen-bond donors (Lipinski definition) is 2. The maximum Gasteiger partial charge on any atom is 0.188 e. The average Bonchev–Trinajstić information content (AvgIpc) is 2.81. The Balaban J connectivity index is 0.00000289. The first-order valence-electron chi connectivity index (χ1n) is 6.59. The molecule has 0 atom stereocenters. The highest BCUT2D eigenvalue weighted by molar-refractivity contribution is 14.0. The van der Waals surface area contributed by atoms with E-state index in [2.05, 4.69) is 24.2 Å². The Kier molecular flexibility index (Phi) is 8.94. The van der Waals surface area contributed by atoms with E-state index in [1.165, 1.54) is 25.7 Å². The van der Waals surface area contributed by atoms with E-state index >= 15 is 0 Å². The molecule has 0 amide bonds. The summed E-state index contributed by atoms with van der Waals surface area (Å²) in [6.07, 6.45) is 5.44. The Hall–Kier alpha value is -0.0400. The molecule has 1 rings (SSSR count). The largest absolute Gasteiger partial charge is 0.383 e. The van der Waals surface area contributed by atoms with Crippen molar-refractivity contribution in [3.8, 4) is 0 Å². The van der Waals surface area contributed by atoms with Crippen LogP contribution in [0, 0.1) is 11.3 Å². The van der Waals surface area contributed by atoms with Crippen molar-refractivity contribution in [2.24, 2.45) is 22.1 Å². The van der Waals surface area contributed by atoms with Gasteiger partial charge in [0.05, 0.1) is 6.61 Å². The molecule has 1 fully saturated rings. The normalized spacial score (nSPS) is 17.6. The van der Waals surface area contributed by atoms with Gasteiger partial charge in [-0.15, -0.1) is 24.0 Å². The molecule has 0 aromatic carbocycles. The highest BCUT2D eigenvalue weighted by Gasteiger charge is 2.31. The third-order valence-corrected chi connectivity index (χ3v) is 3.73. The standard InChI is InChI=1S/C13H27N3O.HI/c1-13(2,11-6-4-5-7-11)10-16-12(14)15-8-9-17-3;/h11H,4-10H2,1-3H3,(H3,14,15,16);1H. The van der Waals surface area contributed by atoms with Crippen LogP contribution >= 0.6 is 24.0 Å². The minimum absolute atomic E-state index is 0. The molecule has 108 valence electrons. The second-order valence-corrected chi connectivity index (χ2v) is 5.59. The van der Waals surface area contributed by atoms with Crippen LogP contribution in [0.1, 0.15) is 39.5 Å². The number of nitrogens with two attached hydrogens (primary N) is 1. The summed E-state index contributed by atoms with van der Waals surface area (Å²) in [6, 6.07) is 0. The second-order valence-electron chi connectivity index (χ2n) is 5.59. The number of aliphatic imine (C=N–C) groups is 1. The first kappa shape index (κ1) is 18.0. The van der Waals surface area contributed by atoms with Gasteiger partial charge in [0.2, 0.25) is 0 Å². The zero-order valence-corrected chi connectivity index (χ0v) is 14.2. The van der Waals surface area contributed by atoms with E-state index in [1.54, 1.807) is 7.11 Å². The van der Waals surface area contributed by atoms with Crippen molar-refractivity contribution < 1.29 is 4.74 Å². The predicted molar refractivity (Wildman–Crippen MR) is 87.5 cm³/mol. The molecule has 0 aromatic rings. The third-order valence-electron chi connectivity index (χ3n) is 3.73. The molecular formula is C13H28IN3O. The molecule has 0 bridgehead atoms. The van der Waals surface area contributed by atoms with E-state index in [0.717, 1.165) is 19.0 Å². The SMILES string of the molecule is COCCNC(N)=NCC(C)(C)C1CCCC1.I. The molecule has 1 saturated carbocycles. The van der Waals surface area contributed by atoms with Gasteiger partial charge in [-0.05, 0) is 24.2 Å². The van der Waals surface area contributed by atoms with E-state index in [-0.39, 0.29) is 29.4 Å². The summed E-state index contributed by atoms with van der Waals surface area (Å²) < 4.78 is 4.95. The van der Waals surface area contributed by atoms with Crippen LogP contribution in [-0.2, 0) is 4.74 Å². The summed E-state index contributed by atoms with van der Waals surface area (Å²) in [5.41, 5.74) is 6.07. The molecule has 0 radical (unpaired) electrons. The van der Waals surface area contributed by atoms with Crippen LogP contribution in [0.4, 0.5) is 0 Å². The Labute approximate surface area is 128 Å². The van der Waals surface area contributed by atoms with Gasteiger partial charge in [-0.1, -0.05) is 26.7 Å². The number of nitrogens with one attached hydrogen (secondary N) is 1. The summed E-state index contributed by atoms with van der Waals surface area (Å²) in [5, 5.41) is 3.05. The van der Waals surface area contributed by atoms with Crippen LogP contribution < -0.4 is 11.1 Å². The van der Waals surface area contributed by atoms with Gasteiger partial charge in [0.15, 0.2) is 5.96 Å². The maximum atomic E-state index is 5.80. The Morgan fingerprint density at radius 3 is 2.56 bits per heavy atom. The predicted octanol–water partition coefficient (Wildman–Crippen LogP) is 2.37.